The van der Waals surface area contributed by atoms with Gasteiger partial charge in [0.15, 0.2) is 0 Å². The number of rotatable bonds is 9. The molecule has 4 rings (SSSR count). The summed E-state index contributed by atoms with van der Waals surface area (Å²) in [5.74, 6) is 11.5. The number of hydrogen-bond donors (Lipinski definition) is 2. The fourth-order valence-corrected chi connectivity index (χ4v) is 4.59. The average Bonchev–Trinajstić information content (AvgIpc) is 3.30. The molecule has 43 heavy (non-hydrogen) atoms. The Morgan fingerprint density at radius 3 is 2.21 bits per heavy atom. The lowest BCUT2D eigenvalue weighted by Crippen LogP contribution is -2.37. The van der Waals surface area contributed by atoms with E-state index in [1.807, 2.05) is 36.4 Å². The third kappa shape index (κ3) is 9.29. The molecule has 0 atom stereocenters. The number of amides is 2. The Labute approximate surface area is 253 Å². The van der Waals surface area contributed by atoms with Gasteiger partial charge < -0.3 is 25.3 Å². The standard InChI is InChI=1S/C35H37N3O5/c1-35(2,3)43-33(39)37-20-23-41-24-22-38(21-10-4-5-11-26-16-18-27(36)19-17-26)34(40)42-25-32-30-14-8-6-12-28(30)29-13-7-9-15-31(29)32/h6-9,12-19,32H,20-25,36H2,1-3H3,(H,37,39). The predicted octanol–water partition coefficient (Wildman–Crippen LogP) is 5.42. The van der Waals surface area contributed by atoms with E-state index in [1.54, 1.807) is 32.9 Å². The van der Waals surface area contributed by atoms with E-state index in [9.17, 15) is 9.59 Å². The molecule has 0 heterocycles. The van der Waals surface area contributed by atoms with E-state index in [0.29, 0.717) is 5.69 Å². The van der Waals surface area contributed by atoms with Gasteiger partial charge in [0, 0.05) is 30.3 Å². The highest BCUT2D eigenvalue weighted by Gasteiger charge is 2.29. The van der Waals surface area contributed by atoms with Crippen molar-refractivity contribution in [2.24, 2.45) is 0 Å². The number of nitrogen functional groups attached to an aromatic ring is 1. The third-order valence-corrected chi connectivity index (χ3v) is 6.55. The summed E-state index contributed by atoms with van der Waals surface area (Å²) in [4.78, 5) is 26.5. The van der Waals surface area contributed by atoms with Gasteiger partial charge in [0.2, 0.25) is 0 Å². The van der Waals surface area contributed by atoms with Gasteiger partial charge in [-0.25, -0.2) is 9.59 Å². The molecule has 3 N–H and O–H groups in total. The number of ether oxygens (including phenoxy) is 3. The second-order valence-electron chi connectivity index (χ2n) is 10.9. The number of nitrogens with zero attached hydrogens (tertiary/aromatic N) is 1. The number of alkyl carbamates (subject to hydrolysis) is 1. The van der Waals surface area contributed by atoms with Crippen molar-refractivity contribution in [2.45, 2.75) is 32.3 Å². The second kappa shape index (κ2) is 14.8. The van der Waals surface area contributed by atoms with E-state index in [0.717, 1.165) is 27.8 Å². The fourth-order valence-electron chi connectivity index (χ4n) is 4.59. The lowest BCUT2D eigenvalue weighted by molar-refractivity contribution is 0.0489. The van der Waals surface area contributed by atoms with Crippen LogP contribution in [0.2, 0.25) is 0 Å². The van der Waals surface area contributed by atoms with E-state index in [1.165, 1.54) is 4.90 Å². The van der Waals surface area contributed by atoms with Crippen molar-refractivity contribution in [2.75, 3.05) is 45.2 Å². The molecule has 0 bridgehead atoms. The Bertz CT molecular complexity index is 1490. The summed E-state index contributed by atoms with van der Waals surface area (Å²) in [5, 5.41) is 2.65. The van der Waals surface area contributed by atoms with E-state index in [2.05, 4.69) is 53.3 Å². The summed E-state index contributed by atoms with van der Waals surface area (Å²) >= 11 is 0. The smallest absolute Gasteiger partial charge is 0.410 e. The van der Waals surface area contributed by atoms with Crippen molar-refractivity contribution in [3.8, 4) is 34.8 Å². The first-order valence-electron chi connectivity index (χ1n) is 14.2. The first-order chi connectivity index (χ1) is 20.7. The van der Waals surface area contributed by atoms with Gasteiger partial charge in [-0.1, -0.05) is 60.4 Å². The molecule has 8 heteroatoms. The largest absolute Gasteiger partial charge is 0.448 e. The van der Waals surface area contributed by atoms with Crippen LogP contribution >= 0.6 is 0 Å². The molecule has 0 unspecified atom stereocenters. The van der Waals surface area contributed by atoms with E-state index < -0.39 is 17.8 Å². The zero-order valence-electron chi connectivity index (χ0n) is 24.8. The third-order valence-electron chi connectivity index (χ3n) is 6.55. The number of nitrogens with one attached hydrogen (secondary N) is 1. The minimum absolute atomic E-state index is 0.0507. The van der Waals surface area contributed by atoms with Crippen LogP contribution in [0, 0.1) is 23.7 Å². The van der Waals surface area contributed by atoms with Crippen LogP contribution in [0.5, 0.6) is 0 Å². The number of benzene rings is 3. The van der Waals surface area contributed by atoms with Crippen molar-refractivity contribution >= 4 is 17.9 Å². The highest BCUT2D eigenvalue weighted by molar-refractivity contribution is 5.79. The SMILES string of the molecule is CC(C)(C)OC(=O)NCCOCCN(CC#CC#Cc1ccc(N)cc1)C(=O)OCC1c2ccccc2-c2ccccc21. The summed E-state index contributed by atoms with van der Waals surface area (Å²) < 4.78 is 16.7. The first kappa shape index (κ1) is 31.0. The predicted molar refractivity (Wildman–Crippen MR) is 167 cm³/mol. The maximum Gasteiger partial charge on any atom is 0.410 e. The number of anilines is 1. The van der Waals surface area contributed by atoms with Gasteiger partial charge in [-0.05, 0) is 79.1 Å². The van der Waals surface area contributed by atoms with Crippen LogP contribution in [0.1, 0.15) is 43.4 Å². The molecule has 0 spiro atoms. The van der Waals surface area contributed by atoms with Crippen LogP contribution in [0.4, 0.5) is 15.3 Å². The van der Waals surface area contributed by atoms with Gasteiger partial charge in [0.25, 0.3) is 0 Å². The summed E-state index contributed by atoms with van der Waals surface area (Å²) in [5.41, 5.74) is 11.2. The Hall–Kier alpha value is -4.92. The van der Waals surface area contributed by atoms with Crippen molar-refractivity contribution in [1.29, 1.82) is 0 Å². The molecule has 0 saturated heterocycles. The molecule has 0 aliphatic heterocycles. The van der Waals surface area contributed by atoms with E-state index in [-0.39, 0.29) is 45.4 Å². The number of carbonyl (C=O) groups is 2. The van der Waals surface area contributed by atoms with Gasteiger partial charge in [-0.3, -0.25) is 4.90 Å². The summed E-state index contributed by atoms with van der Waals surface area (Å²) in [6.45, 7) is 6.74. The zero-order chi connectivity index (χ0) is 30.7. The summed E-state index contributed by atoms with van der Waals surface area (Å²) in [7, 11) is 0. The minimum Gasteiger partial charge on any atom is -0.448 e. The second-order valence-corrected chi connectivity index (χ2v) is 10.9. The van der Waals surface area contributed by atoms with Crippen LogP contribution in [-0.2, 0) is 14.2 Å². The van der Waals surface area contributed by atoms with Crippen LogP contribution in [-0.4, -0.2) is 62.1 Å². The Balaban J connectivity index is 1.34. The van der Waals surface area contributed by atoms with Gasteiger partial charge in [0.1, 0.15) is 12.2 Å². The highest BCUT2D eigenvalue weighted by atomic mass is 16.6. The molecule has 3 aromatic rings. The van der Waals surface area contributed by atoms with E-state index >= 15 is 0 Å². The molecule has 1 aliphatic carbocycles. The fraction of sp³-hybridized carbons (Fsp3) is 0.314. The van der Waals surface area contributed by atoms with Gasteiger partial charge >= 0.3 is 12.2 Å². The van der Waals surface area contributed by atoms with Gasteiger partial charge in [-0.2, -0.15) is 0 Å². The van der Waals surface area contributed by atoms with Crippen LogP contribution in [0.15, 0.2) is 72.8 Å². The normalized spacial score (nSPS) is 11.6. The lowest BCUT2D eigenvalue weighted by atomic mass is 9.98. The summed E-state index contributed by atoms with van der Waals surface area (Å²) in [6.07, 6.45) is -0.996. The van der Waals surface area contributed by atoms with Crippen molar-refractivity contribution < 1.29 is 23.8 Å². The molecule has 8 nitrogen and oxygen atoms in total. The number of hydrogen-bond acceptors (Lipinski definition) is 6. The molecule has 3 aromatic carbocycles. The van der Waals surface area contributed by atoms with E-state index in [4.69, 9.17) is 19.9 Å². The minimum atomic E-state index is -0.574. The maximum atomic E-state index is 13.2. The topological polar surface area (TPSA) is 103 Å². The van der Waals surface area contributed by atoms with Crippen LogP contribution in [0.3, 0.4) is 0 Å². The first-order valence-corrected chi connectivity index (χ1v) is 14.2. The van der Waals surface area contributed by atoms with Gasteiger partial charge in [-0.15, -0.1) is 0 Å². The molecule has 0 aromatic heterocycles. The molecule has 2 amide bonds. The summed E-state index contributed by atoms with van der Waals surface area (Å²) in [6, 6.07) is 23.6. The van der Waals surface area contributed by atoms with Crippen molar-refractivity contribution in [3.63, 3.8) is 0 Å². The molecular weight excluding hydrogens is 542 g/mol. The molecule has 0 fully saturated rings. The highest BCUT2D eigenvalue weighted by Crippen LogP contribution is 2.44. The zero-order valence-corrected chi connectivity index (χ0v) is 24.8. The number of fused-ring (bicyclic) bond motifs is 3. The molecule has 1 aliphatic rings. The average molecular weight is 580 g/mol. The molecule has 0 radical (unpaired) electrons. The Kier molecular flexibility index (Phi) is 10.7. The van der Waals surface area contributed by atoms with Crippen LogP contribution < -0.4 is 11.1 Å². The van der Waals surface area contributed by atoms with Crippen LogP contribution in [0.25, 0.3) is 11.1 Å². The number of nitrogens with two attached hydrogens (primary N) is 1. The Morgan fingerprint density at radius 2 is 1.56 bits per heavy atom. The molecular formula is C35H37N3O5. The number of carbonyl (C=O) groups excluding carboxylic acids is 2. The van der Waals surface area contributed by atoms with Gasteiger partial charge in [0.05, 0.1) is 19.8 Å². The lowest BCUT2D eigenvalue weighted by Gasteiger charge is -2.22. The van der Waals surface area contributed by atoms with Crippen molar-refractivity contribution in [1.82, 2.24) is 10.2 Å². The van der Waals surface area contributed by atoms with Crippen molar-refractivity contribution in [3.05, 3.63) is 89.5 Å². The Morgan fingerprint density at radius 1 is 0.907 bits per heavy atom. The monoisotopic (exact) mass is 579 g/mol. The quantitative estimate of drug-likeness (QED) is 0.200. The molecule has 222 valence electrons. The molecule has 0 saturated carbocycles. The maximum absolute atomic E-state index is 13.2.